The molecule has 0 unspecified atom stereocenters. The first-order valence-electron chi connectivity index (χ1n) is 11.9. The number of nitriles is 1. The second-order valence-electron chi connectivity index (χ2n) is 9.12. The van der Waals surface area contributed by atoms with Crippen molar-refractivity contribution in [1.82, 2.24) is 24.8 Å². The summed E-state index contributed by atoms with van der Waals surface area (Å²) in [6.07, 6.45) is 7.52. The number of nitrogens with one attached hydrogen (secondary N) is 2. The number of rotatable bonds is 6. The molecule has 0 aliphatic carbocycles. The van der Waals surface area contributed by atoms with Gasteiger partial charge in [-0.2, -0.15) is 5.26 Å². The van der Waals surface area contributed by atoms with Crippen LogP contribution in [0.5, 0.6) is 0 Å². The van der Waals surface area contributed by atoms with Gasteiger partial charge in [0.1, 0.15) is 18.1 Å². The summed E-state index contributed by atoms with van der Waals surface area (Å²) >= 11 is 0. The molecule has 182 valence electrons. The van der Waals surface area contributed by atoms with Crippen LogP contribution >= 0.6 is 0 Å². The van der Waals surface area contributed by atoms with E-state index in [1.165, 1.54) is 12.3 Å². The number of anilines is 1. The molecule has 1 aliphatic rings. The molecule has 0 bridgehead atoms. The molecule has 4 aromatic heterocycles. The number of pyridine rings is 3. The molecule has 10 nitrogen and oxygen atoms in total. The summed E-state index contributed by atoms with van der Waals surface area (Å²) in [5.74, 6) is 0.728. The monoisotopic (exact) mass is 490 g/mol. The highest BCUT2D eigenvalue weighted by Crippen LogP contribution is 2.36. The average molecular weight is 491 g/mol. The molecule has 37 heavy (non-hydrogen) atoms. The molecule has 1 aliphatic heterocycles. The minimum Gasteiger partial charge on any atom is -0.366 e. The smallest absolute Gasteiger partial charge is 0.287 e. The van der Waals surface area contributed by atoms with E-state index in [2.05, 4.69) is 36.2 Å². The van der Waals surface area contributed by atoms with Crippen molar-refractivity contribution in [1.29, 1.82) is 5.26 Å². The molecule has 6 rings (SSSR count). The Kier molecular flexibility index (Phi) is 5.67. The Morgan fingerprint density at radius 2 is 2.03 bits per heavy atom. The van der Waals surface area contributed by atoms with Crippen LogP contribution in [-0.2, 0) is 6.54 Å². The molecule has 5 heterocycles. The third-order valence-corrected chi connectivity index (χ3v) is 6.76. The van der Waals surface area contributed by atoms with Gasteiger partial charge >= 0.3 is 0 Å². The second-order valence-corrected chi connectivity index (χ2v) is 9.12. The lowest BCUT2D eigenvalue weighted by molar-refractivity contribution is -0.385. The summed E-state index contributed by atoms with van der Waals surface area (Å²) < 4.78 is 0. The first-order chi connectivity index (χ1) is 18.1. The molecule has 0 radical (unpaired) electrons. The normalized spacial score (nSPS) is 15.7. The zero-order valence-corrected chi connectivity index (χ0v) is 19.8. The van der Waals surface area contributed by atoms with Crippen LogP contribution in [0.1, 0.15) is 17.7 Å². The SMILES string of the molecule is N#Cc1cnc2cnc(N[C@@H]3CCN(Cc4ccc([N+](=O)[O-])cn4)C3)cc2c1-c1c[nH]c2ccccc12. The number of hydrogen-bond donors (Lipinski definition) is 2. The fourth-order valence-electron chi connectivity index (χ4n) is 4.98. The fraction of sp³-hybridized carbons (Fsp3) is 0.185. The Morgan fingerprint density at radius 1 is 1.14 bits per heavy atom. The summed E-state index contributed by atoms with van der Waals surface area (Å²) in [5.41, 5.74) is 4.83. The van der Waals surface area contributed by atoms with E-state index in [0.29, 0.717) is 12.1 Å². The summed E-state index contributed by atoms with van der Waals surface area (Å²) in [6.45, 7) is 2.30. The van der Waals surface area contributed by atoms with Crippen molar-refractivity contribution in [3.8, 4) is 17.2 Å². The number of aromatic nitrogens is 4. The zero-order chi connectivity index (χ0) is 25.4. The first-order valence-corrected chi connectivity index (χ1v) is 11.9. The minimum atomic E-state index is -0.442. The van der Waals surface area contributed by atoms with Crippen LogP contribution in [-0.4, -0.2) is 48.9 Å². The zero-order valence-electron chi connectivity index (χ0n) is 19.8. The molecule has 0 spiro atoms. The predicted molar refractivity (Wildman–Crippen MR) is 140 cm³/mol. The lowest BCUT2D eigenvalue weighted by atomic mass is 9.97. The van der Waals surface area contributed by atoms with E-state index in [9.17, 15) is 15.4 Å². The third-order valence-electron chi connectivity index (χ3n) is 6.76. The third kappa shape index (κ3) is 4.32. The van der Waals surface area contributed by atoms with Gasteiger partial charge in [0.05, 0.1) is 27.9 Å². The van der Waals surface area contributed by atoms with E-state index in [4.69, 9.17) is 0 Å². The predicted octanol–water partition coefficient (Wildman–Crippen LogP) is 4.64. The van der Waals surface area contributed by atoms with Gasteiger partial charge < -0.3 is 10.3 Å². The van der Waals surface area contributed by atoms with Gasteiger partial charge in [-0.3, -0.25) is 25.0 Å². The summed E-state index contributed by atoms with van der Waals surface area (Å²) in [6, 6.07) is 15.7. The lowest BCUT2D eigenvalue weighted by Crippen LogP contribution is -2.26. The summed E-state index contributed by atoms with van der Waals surface area (Å²) in [7, 11) is 0. The minimum absolute atomic E-state index is 0.00635. The number of benzene rings is 1. The van der Waals surface area contributed by atoms with Crippen LogP contribution < -0.4 is 5.32 Å². The molecule has 0 amide bonds. The molecular formula is C27H22N8O2. The Labute approximate surface area is 211 Å². The first kappa shape index (κ1) is 22.6. The Morgan fingerprint density at radius 3 is 2.84 bits per heavy atom. The largest absolute Gasteiger partial charge is 0.366 e. The molecule has 0 saturated carbocycles. The van der Waals surface area contributed by atoms with Crippen molar-refractivity contribution < 1.29 is 4.92 Å². The van der Waals surface area contributed by atoms with Crippen LogP contribution in [0.15, 0.2) is 67.3 Å². The molecular weight excluding hydrogens is 468 g/mol. The Balaban J connectivity index is 1.25. The number of aromatic amines is 1. The Bertz CT molecular complexity index is 1670. The standard InChI is InChI=1S/C27H22N8O2/c28-10-17-11-30-25-14-32-26(9-22(25)27(17)23-13-31-24-4-2-1-3-21(23)24)33-19-7-8-34(16-19)15-18-5-6-20(12-29-18)35(36)37/h1-6,9,11-14,19,31H,7-8,15-16H2,(H,32,33)/t19-/m1/s1. The van der Waals surface area contributed by atoms with E-state index in [-0.39, 0.29) is 11.7 Å². The van der Waals surface area contributed by atoms with E-state index in [1.54, 1.807) is 18.5 Å². The number of nitrogens with zero attached hydrogens (tertiary/aromatic N) is 6. The van der Waals surface area contributed by atoms with Gasteiger partial charge in [-0.25, -0.2) is 4.98 Å². The van der Waals surface area contributed by atoms with Gasteiger partial charge in [0.15, 0.2) is 0 Å². The van der Waals surface area contributed by atoms with Crippen molar-refractivity contribution in [2.45, 2.75) is 19.0 Å². The van der Waals surface area contributed by atoms with Gasteiger partial charge in [-0.1, -0.05) is 18.2 Å². The maximum atomic E-state index is 10.9. The lowest BCUT2D eigenvalue weighted by Gasteiger charge is -2.17. The van der Waals surface area contributed by atoms with Gasteiger partial charge in [-0.15, -0.1) is 0 Å². The number of H-pyrrole nitrogens is 1. The van der Waals surface area contributed by atoms with Crippen LogP contribution in [0.3, 0.4) is 0 Å². The van der Waals surface area contributed by atoms with Crippen molar-refractivity contribution in [3.05, 3.63) is 88.6 Å². The van der Waals surface area contributed by atoms with Gasteiger partial charge in [0.25, 0.3) is 5.69 Å². The van der Waals surface area contributed by atoms with E-state index in [1.807, 2.05) is 36.5 Å². The molecule has 5 aromatic rings. The van der Waals surface area contributed by atoms with Gasteiger partial charge in [-0.05, 0) is 24.6 Å². The molecule has 1 fully saturated rings. The van der Waals surface area contributed by atoms with Crippen LogP contribution in [0.2, 0.25) is 0 Å². The number of fused-ring (bicyclic) bond motifs is 2. The van der Waals surface area contributed by atoms with Gasteiger partial charge in [0, 0.05) is 71.6 Å². The van der Waals surface area contributed by atoms with E-state index < -0.39 is 4.92 Å². The average Bonchev–Trinajstić information content (AvgIpc) is 3.55. The molecule has 2 N–H and O–H groups in total. The van der Waals surface area contributed by atoms with Crippen molar-refractivity contribution in [3.63, 3.8) is 0 Å². The van der Waals surface area contributed by atoms with Crippen LogP contribution in [0.25, 0.3) is 32.9 Å². The van der Waals surface area contributed by atoms with Crippen LogP contribution in [0.4, 0.5) is 11.5 Å². The summed E-state index contributed by atoms with van der Waals surface area (Å²) in [4.78, 5) is 29.3. The number of hydrogen-bond acceptors (Lipinski definition) is 8. The highest BCUT2D eigenvalue weighted by atomic mass is 16.6. The van der Waals surface area contributed by atoms with Crippen molar-refractivity contribution in [2.75, 3.05) is 18.4 Å². The number of para-hydroxylation sites is 1. The van der Waals surface area contributed by atoms with Crippen molar-refractivity contribution >= 4 is 33.3 Å². The highest BCUT2D eigenvalue weighted by molar-refractivity contribution is 6.06. The Hall–Kier alpha value is -4.88. The molecule has 1 aromatic carbocycles. The quantitative estimate of drug-likeness (QED) is 0.259. The number of likely N-dealkylation sites (tertiary alicyclic amines) is 1. The van der Waals surface area contributed by atoms with E-state index in [0.717, 1.165) is 64.0 Å². The maximum absolute atomic E-state index is 10.9. The highest BCUT2D eigenvalue weighted by Gasteiger charge is 2.24. The van der Waals surface area contributed by atoms with Crippen molar-refractivity contribution in [2.24, 2.45) is 0 Å². The maximum Gasteiger partial charge on any atom is 0.287 e. The number of nitro groups is 1. The fourth-order valence-corrected chi connectivity index (χ4v) is 4.98. The molecule has 10 heteroatoms. The molecule has 1 saturated heterocycles. The summed E-state index contributed by atoms with van der Waals surface area (Å²) in [5, 5.41) is 26.2. The molecule has 1 atom stereocenters. The van der Waals surface area contributed by atoms with Crippen LogP contribution in [0, 0.1) is 21.4 Å². The second kappa shape index (κ2) is 9.29. The van der Waals surface area contributed by atoms with Gasteiger partial charge in [0.2, 0.25) is 0 Å². The topological polar surface area (TPSA) is 137 Å². The van der Waals surface area contributed by atoms with E-state index >= 15 is 0 Å².